The van der Waals surface area contributed by atoms with Crippen molar-refractivity contribution in [2.45, 2.75) is 20.8 Å². The van der Waals surface area contributed by atoms with Crippen LogP contribution in [0.15, 0.2) is 36.4 Å². The summed E-state index contributed by atoms with van der Waals surface area (Å²) in [6, 6.07) is 12.3. The Bertz CT molecular complexity index is 770. The summed E-state index contributed by atoms with van der Waals surface area (Å²) in [4.78, 5) is 4.78. The van der Waals surface area contributed by atoms with Gasteiger partial charge in [0.25, 0.3) is 0 Å². The molecule has 0 N–H and O–H groups in total. The van der Waals surface area contributed by atoms with E-state index >= 15 is 0 Å². The first-order chi connectivity index (χ1) is 9.60. The number of aromatic nitrogens is 2. The maximum atomic E-state index is 5.20. The quantitative estimate of drug-likeness (QED) is 0.702. The van der Waals surface area contributed by atoms with Gasteiger partial charge in [-0.1, -0.05) is 0 Å². The van der Waals surface area contributed by atoms with Gasteiger partial charge < -0.3 is 9.14 Å². The Balaban J connectivity index is 2.20. The zero-order valence-corrected chi connectivity index (χ0v) is 12.3. The van der Waals surface area contributed by atoms with Gasteiger partial charge in [0.2, 0.25) is 0 Å². The minimum atomic E-state index is 0.863. The molecular formula is C17H18N2O. The van der Waals surface area contributed by atoms with Crippen LogP contribution in [0.25, 0.3) is 16.9 Å². The number of benzene rings is 1. The van der Waals surface area contributed by atoms with E-state index in [1.165, 1.54) is 17.0 Å². The number of rotatable bonds is 2. The molecule has 0 aliphatic rings. The van der Waals surface area contributed by atoms with Crippen molar-refractivity contribution in [1.29, 1.82) is 0 Å². The zero-order chi connectivity index (χ0) is 14.3. The zero-order valence-electron chi connectivity index (χ0n) is 12.3. The van der Waals surface area contributed by atoms with Gasteiger partial charge in [-0.2, -0.15) is 0 Å². The highest BCUT2D eigenvalue weighted by Crippen LogP contribution is 2.27. The van der Waals surface area contributed by atoms with Gasteiger partial charge in [0.05, 0.1) is 12.8 Å². The van der Waals surface area contributed by atoms with Gasteiger partial charge in [-0.15, -0.1) is 0 Å². The first-order valence-corrected chi connectivity index (χ1v) is 6.71. The van der Waals surface area contributed by atoms with E-state index in [0.29, 0.717) is 0 Å². The molecule has 3 aromatic rings. The topological polar surface area (TPSA) is 26.5 Å². The van der Waals surface area contributed by atoms with Gasteiger partial charge in [-0.3, -0.25) is 0 Å². The van der Waals surface area contributed by atoms with E-state index in [-0.39, 0.29) is 0 Å². The van der Waals surface area contributed by atoms with Crippen molar-refractivity contribution in [3.05, 3.63) is 53.3 Å². The van der Waals surface area contributed by atoms with E-state index in [4.69, 9.17) is 9.72 Å². The summed E-state index contributed by atoms with van der Waals surface area (Å²) in [5.74, 6) is 0.863. The highest BCUT2D eigenvalue weighted by molar-refractivity contribution is 5.67. The number of nitrogens with zero attached hydrogens (tertiary/aromatic N) is 2. The molecule has 0 fully saturated rings. The third-order valence-corrected chi connectivity index (χ3v) is 3.64. The highest BCUT2D eigenvalue weighted by Gasteiger charge is 2.12. The van der Waals surface area contributed by atoms with Crippen LogP contribution in [0.2, 0.25) is 0 Å². The standard InChI is InChI=1S/C17H18N2O/c1-11-9-12(2)19-13(3)17(18-16(19)10-11)14-5-7-15(20-4)8-6-14/h5-10H,1-4H3. The highest BCUT2D eigenvalue weighted by atomic mass is 16.5. The Morgan fingerprint density at radius 3 is 2.35 bits per heavy atom. The predicted octanol–water partition coefficient (Wildman–Crippen LogP) is 3.94. The van der Waals surface area contributed by atoms with Crippen molar-refractivity contribution in [2.24, 2.45) is 0 Å². The summed E-state index contributed by atoms with van der Waals surface area (Å²) in [7, 11) is 1.68. The second kappa shape index (κ2) is 4.67. The number of aryl methyl sites for hydroxylation is 3. The summed E-state index contributed by atoms with van der Waals surface area (Å²) >= 11 is 0. The third-order valence-electron chi connectivity index (χ3n) is 3.64. The molecule has 0 amide bonds. The smallest absolute Gasteiger partial charge is 0.138 e. The van der Waals surface area contributed by atoms with E-state index < -0.39 is 0 Å². The van der Waals surface area contributed by atoms with Crippen LogP contribution in [0.4, 0.5) is 0 Å². The van der Waals surface area contributed by atoms with Crippen LogP contribution in [0.1, 0.15) is 17.0 Å². The summed E-state index contributed by atoms with van der Waals surface area (Å²) in [6.07, 6.45) is 0. The van der Waals surface area contributed by atoms with Crippen LogP contribution in [0.5, 0.6) is 5.75 Å². The number of ether oxygens (including phenoxy) is 1. The van der Waals surface area contributed by atoms with Crippen molar-refractivity contribution >= 4 is 5.65 Å². The first kappa shape index (κ1) is 12.7. The first-order valence-electron chi connectivity index (χ1n) is 6.71. The number of hydrogen-bond donors (Lipinski definition) is 0. The molecule has 0 unspecified atom stereocenters. The molecule has 0 aliphatic heterocycles. The molecule has 20 heavy (non-hydrogen) atoms. The van der Waals surface area contributed by atoms with Crippen molar-refractivity contribution in [3.8, 4) is 17.0 Å². The Kier molecular flexibility index (Phi) is 2.97. The molecule has 0 radical (unpaired) electrons. The molecule has 102 valence electrons. The third kappa shape index (κ3) is 1.95. The van der Waals surface area contributed by atoms with Gasteiger partial charge in [0.15, 0.2) is 0 Å². The molecule has 2 heterocycles. The van der Waals surface area contributed by atoms with Gasteiger partial charge in [-0.05, 0) is 62.7 Å². The molecule has 3 nitrogen and oxygen atoms in total. The molecular weight excluding hydrogens is 248 g/mol. The second-order valence-electron chi connectivity index (χ2n) is 5.14. The van der Waals surface area contributed by atoms with E-state index in [0.717, 1.165) is 22.7 Å². The molecule has 0 saturated heterocycles. The molecule has 2 aromatic heterocycles. The van der Waals surface area contributed by atoms with Crippen LogP contribution in [-0.4, -0.2) is 16.5 Å². The lowest BCUT2D eigenvalue weighted by molar-refractivity contribution is 0.415. The summed E-state index contributed by atoms with van der Waals surface area (Å²) in [5, 5.41) is 0. The van der Waals surface area contributed by atoms with Gasteiger partial charge in [0, 0.05) is 17.0 Å². The van der Waals surface area contributed by atoms with Crippen LogP contribution >= 0.6 is 0 Å². The molecule has 3 rings (SSSR count). The SMILES string of the molecule is COc1ccc(-c2nc3cc(C)cc(C)n3c2C)cc1. The Hall–Kier alpha value is -2.29. The van der Waals surface area contributed by atoms with E-state index in [2.05, 4.69) is 49.4 Å². The fourth-order valence-electron chi connectivity index (χ4n) is 2.73. The molecule has 0 aliphatic carbocycles. The fourth-order valence-corrected chi connectivity index (χ4v) is 2.73. The lowest BCUT2D eigenvalue weighted by atomic mass is 10.1. The van der Waals surface area contributed by atoms with E-state index in [9.17, 15) is 0 Å². The van der Waals surface area contributed by atoms with Gasteiger partial charge >= 0.3 is 0 Å². The summed E-state index contributed by atoms with van der Waals surface area (Å²) in [5.41, 5.74) is 6.77. The normalized spacial score (nSPS) is 11.0. The van der Waals surface area contributed by atoms with Crippen molar-refractivity contribution in [3.63, 3.8) is 0 Å². The Morgan fingerprint density at radius 1 is 1.00 bits per heavy atom. The average Bonchev–Trinajstić information content (AvgIpc) is 2.76. The molecule has 1 aromatic carbocycles. The molecule has 0 atom stereocenters. The number of imidazole rings is 1. The lowest BCUT2D eigenvalue weighted by Gasteiger charge is -2.04. The molecule has 0 spiro atoms. The van der Waals surface area contributed by atoms with Crippen LogP contribution < -0.4 is 4.74 Å². The Labute approximate surface area is 118 Å². The number of methoxy groups -OCH3 is 1. The second-order valence-corrected chi connectivity index (χ2v) is 5.14. The molecule has 0 bridgehead atoms. The van der Waals surface area contributed by atoms with Crippen molar-refractivity contribution in [2.75, 3.05) is 7.11 Å². The minimum Gasteiger partial charge on any atom is -0.497 e. The number of hydrogen-bond acceptors (Lipinski definition) is 2. The van der Waals surface area contributed by atoms with Gasteiger partial charge in [-0.25, -0.2) is 4.98 Å². The molecule has 3 heteroatoms. The summed E-state index contributed by atoms with van der Waals surface area (Å²) in [6.45, 7) is 6.33. The summed E-state index contributed by atoms with van der Waals surface area (Å²) < 4.78 is 7.40. The van der Waals surface area contributed by atoms with Crippen LogP contribution in [0.3, 0.4) is 0 Å². The number of pyridine rings is 1. The van der Waals surface area contributed by atoms with E-state index in [1.54, 1.807) is 7.11 Å². The van der Waals surface area contributed by atoms with Gasteiger partial charge in [0.1, 0.15) is 11.4 Å². The monoisotopic (exact) mass is 266 g/mol. The van der Waals surface area contributed by atoms with Crippen LogP contribution in [-0.2, 0) is 0 Å². The van der Waals surface area contributed by atoms with Crippen LogP contribution in [0, 0.1) is 20.8 Å². The Morgan fingerprint density at radius 2 is 1.70 bits per heavy atom. The predicted molar refractivity (Wildman–Crippen MR) is 81.4 cm³/mol. The van der Waals surface area contributed by atoms with E-state index in [1.807, 2.05) is 12.1 Å². The average molecular weight is 266 g/mol. The fraction of sp³-hybridized carbons (Fsp3) is 0.235. The maximum Gasteiger partial charge on any atom is 0.138 e. The number of fused-ring (bicyclic) bond motifs is 1. The molecule has 0 saturated carbocycles. The lowest BCUT2D eigenvalue weighted by Crippen LogP contribution is -1.94. The van der Waals surface area contributed by atoms with Crippen molar-refractivity contribution < 1.29 is 4.74 Å². The maximum absolute atomic E-state index is 5.20. The largest absolute Gasteiger partial charge is 0.497 e. The minimum absolute atomic E-state index is 0.863. The van der Waals surface area contributed by atoms with Crippen molar-refractivity contribution in [1.82, 2.24) is 9.38 Å².